The van der Waals surface area contributed by atoms with E-state index in [-0.39, 0.29) is 5.54 Å². The Morgan fingerprint density at radius 2 is 2.00 bits per heavy atom. The first-order valence-electron chi connectivity index (χ1n) is 3.01. The van der Waals surface area contributed by atoms with Gasteiger partial charge < -0.3 is 0 Å². The van der Waals surface area contributed by atoms with Gasteiger partial charge in [0.2, 0.25) is 0 Å². The molecular formula is C6H11NO. The molecule has 0 unspecified atom stereocenters. The molecule has 1 aliphatic rings. The van der Waals surface area contributed by atoms with Gasteiger partial charge >= 0.3 is 0 Å². The van der Waals surface area contributed by atoms with E-state index in [4.69, 9.17) is 0 Å². The fourth-order valence-corrected chi connectivity index (χ4v) is 0.864. The monoisotopic (exact) mass is 113 g/mol. The Morgan fingerprint density at radius 1 is 1.50 bits per heavy atom. The highest BCUT2D eigenvalue weighted by atomic mass is 16.3. The van der Waals surface area contributed by atoms with E-state index in [0.717, 1.165) is 0 Å². The third-order valence-electron chi connectivity index (χ3n) is 1.81. The topological polar surface area (TPSA) is 29.4 Å². The summed E-state index contributed by atoms with van der Waals surface area (Å²) >= 11 is 0. The summed E-state index contributed by atoms with van der Waals surface area (Å²) in [6.07, 6.45) is 2.39. The minimum Gasteiger partial charge on any atom is -0.150 e. The summed E-state index contributed by atoms with van der Waals surface area (Å²) < 4.78 is 0. The van der Waals surface area contributed by atoms with Crippen molar-refractivity contribution in [3.63, 3.8) is 0 Å². The fourth-order valence-electron chi connectivity index (χ4n) is 0.864. The Kier molecular flexibility index (Phi) is 1.10. The molecule has 2 heteroatoms. The van der Waals surface area contributed by atoms with Gasteiger partial charge in [-0.3, -0.25) is 0 Å². The second kappa shape index (κ2) is 1.54. The molecule has 0 N–H and O–H groups in total. The van der Waals surface area contributed by atoms with E-state index in [1.807, 2.05) is 13.8 Å². The molecule has 0 saturated heterocycles. The number of rotatable bonds is 2. The predicted octanol–water partition coefficient (Wildman–Crippen LogP) is 1.94. The maximum atomic E-state index is 10.1. The summed E-state index contributed by atoms with van der Waals surface area (Å²) in [5.74, 6) is 0.583. The van der Waals surface area contributed by atoms with Gasteiger partial charge in [-0.2, -0.15) is 4.91 Å². The van der Waals surface area contributed by atoms with Crippen molar-refractivity contribution in [1.29, 1.82) is 0 Å². The van der Waals surface area contributed by atoms with Crippen molar-refractivity contribution in [2.24, 2.45) is 11.1 Å². The highest BCUT2D eigenvalue weighted by Gasteiger charge is 2.38. The number of nitroso groups, excluding NO2 is 1. The lowest BCUT2D eigenvalue weighted by Crippen LogP contribution is -2.17. The average molecular weight is 113 g/mol. The zero-order chi connectivity index (χ0) is 6.20. The smallest absolute Gasteiger partial charge is 0.0998 e. The third-order valence-corrected chi connectivity index (χ3v) is 1.81. The van der Waals surface area contributed by atoms with Crippen molar-refractivity contribution in [1.82, 2.24) is 0 Å². The molecule has 0 aliphatic heterocycles. The Balaban J connectivity index is 2.49. The van der Waals surface area contributed by atoms with Crippen molar-refractivity contribution in [2.75, 3.05) is 0 Å². The third kappa shape index (κ3) is 0.881. The van der Waals surface area contributed by atoms with Gasteiger partial charge in [-0.1, -0.05) is 5.18 Å². The molecule has 1 fully saturated rings. The summed E-state index contributed by atoms with van der Waals surface area (Å²) in [7, 11) is 0. The molecule has 0 bridgehead atoms. The molecule has 0 amide bonds. The Hall–Kier alpha value is -0.400. The number of nitrogens with zero attached hydrogens (tertiary/aromatic N) is 1. The SMILES string of the molecule is CC(C)(N=O)C1CC1. The lowest BCUT2D eigenvalue weighted by molar-refractivity contribution is 0.451. The highest BCUT2D eigenvalue weighted by Crippen LogP contribution is 2.41. The van der Waals surface area contributed by atoms with Crippen LogP contribution in [0.3, 0.4) is 0 Å². The van der Waals surface area contributed by atoms with Crippen LogP contribution in [0.4, 0.5) is 0 Å². The predicted molar refractivity (Wildman–Crippen MR) is 32.6 cm³/mol. The van der Waals surface area contributed by atoms with Gasteiger partial charge in [0.05, 0.1) is 5.54 Å². The lowest BCUT2D eigenvalue weighted by Gasteiger charge is -2.11. The fraction of sp³-hybridized carbons (Fsp3) is 1.00. The minimum absolute atomic E-state index is 0.278. The van der Waals surface area contributed by atoms with E-state index in [2.05, 4.69) is 5.18 Å². The Labute approximate surface area is 49.3 Å². The van der Waals surface area contributed by atoms with Gasteiger partial charge in [0.1, 0.15) is 0 Å². The summed E-state index contributed by atoms with van der Waals surface area (Å²) in [5, 5.41) is 3.03. The largest absolute Gasteiger partial charge is 0.150 e. The first-order chi connectivity index (χ1) is 3.67. The second-order valence-corrected chi connectivity index (χ2v) is 3.02. The van der Waals surface area contributed by atoms with E-state index in [1.165, 1.54) is 12.8 Å². The Morgan fingerprint density at radius 3 is 2.12 bits per heavy atom. The standard InChI is InChI=1S/C6H11NO/c1-6(2,7-8)5-3-4-5/h5H,3-4H2,1-2H3. The summed E-state index contributed by atoms with van der Waals surface area (Å²) in [6.45, 7) is 3.80. The normalized spacial score (nSPS) is 20.8. The molecule has 0 aromatic heterocycles. The maximum absolute atomic E-state index is 10.1. The highest BCUT2D eigenvalue weighted by molar-refractivity contribution is 4.93. The van der Waals surface area contributed by atoms with E-state index in [1.54, 1.807) is 0 Å². The molecule has 1 aliphatic carbocycles. The summed E-state index contributed by atoms with van der Waals surface area (Å²) in [6, 6.07) is 0. The van der Waals surface area contributed by atoms with E-state index in [9.17, 15) is 4.91 Å². The quantitative estimate of drug-likeness (QED) is 0.503. The zero-order valence-electron chi connectivity index (χ0n) is 5.35. The van der Waals surface area contributed by atoms with Crippen molar-refractivity contribution >= 4 is 0 Å². The maximum Gasteiger partial charge on any atom is 0.0998 e. The lowest BCUT2D eigenvalue weighted by atomic mass is 10.0. The Bertz CT molecular complexity index is 105. The van der Waals surface area contributed by atoms with Crippen LogP contribution in [0.1, 0.15) is 26.7 Å². The molecule has 46 valence electrons. The zero-order valence-corrected chi connectivity index (χ0v) is 5.35. The van der Waals surface area contributed by atoms with Crippen LogP contribution in [-0.4, -0.2) is 5.54 Å². The number of hydrogen-bond donors (Lipinski definition) is 0. The molecule has 0 radical (unpaired) electrons. The van der Waals surface area contributed by atoms with Crippen LogP contribution in [-0.2, 0) is 0 Å². The molecular weight excluding hydrogens is 102 g/mol. The van der Waals surface area contributed by atoms with Crippen LogP contribution in [0.2, 0.25) is 0 Å². The first kappa shape index (κ1) is 5.73. The van der Waals surface area contributed by atoms with E-state index in [0.29, 0.717) is 5.92 Å². The van der Waals surface area contributed by atoms with Crippen molar-refractivity contribution in [3.8, 4) is 0 Å². The molecule has 0 atom stereocenters. The summed E-state index contributed by atoms with van der Waals surface area (Å²) in [4.78, 5) is 10.1. The summed E-state index contributed by atoms with van der Waals surface area (Å²) in [5.41, 5.74) is -0.278. The van der Waals surface area contributed by atoms with Crippen LogP contribution in [0.5, 0.6) is 0 Å². The molecule has 0 aromatic carbocycles. The molecule has 2 nitrogen and oxygen atoms in total. The van der Waals surface area contributed by atoms with Gasteiger partial charge in [0, 0.05) is 0 Å². The van der Waals surface area contributed by atoms with Gasteiger partial charge in [-0.15, -0.1) is 0 Å². The first-order valence-corrected chi connectivity index (χ1v) is 3.01. The van der Waals surface area contributed by atoms with Crippen molar-refractivity contribution in [3.05, 3.63) is 4.91 Å². The molecule has 8 heavy (non-hydrogen) atoms. The van der Waals surface area contributed by atoms with E-state index < -0.39 is 0 Å². The molecule has 1 saturated carbocycles. The number of hydrogen-bond acceptors (Lipinski definition) is 2. The van der Waals surface area contributed by atoms with Crippen LogP contribution < -0.4 is 0 Å². The van der Waals surface area contributed by atoms with Gasteiger partial charge in [0.15, 0.2) is 0 Å². The van der Waals surface area contributed by atoms with Crippen LogP contribution >= 0.6 is 0 Å². The average Bonchev–Trinajstić information content (AvgIpc) is 2.44. The molecule has 0 heterocycles. The van der Waals surface area contributed by atoms with E-state index >= 15 is 0 Å². The minimum atomic E-state index is -0.278. The molecule has 1 rings (SSSR count). The van der Waals surface area contributed by atoms with Gasteiger partial charge in [-0.05, 0) is 32.6 Å². The molecule has 0 spiro atoms. The van der Waals surface area contributed by atoms with Crippen LogP contribution in [0.25, 0.3) is 0 Å². The molecule has 0 aromatic rings. The van der Waals surface area contributed by atoms with Crippen molar-refractivity contribution in [2.45, 2.75) is 32.2 Å². The van der Waals surface area contributed by atoms with Gasteiger partial charge in [0.25, 0.3) is 0 Å². The van der Waals surface area contributed by atoms with Gasteiger partial charge in [-0.25, -0.2) is 0 Å². The second-order valence-electron chi connectivity index (χ2n) is 3.02. The van der Waals surface area contributed by atoms with Crippen LogP contribution in [0.15, 0.2) is 5.18 Å². The van der Waals surface area contributed by atoms with Crippen LogP contribution in [0, 0.1) is 10.8 Å². The van der Waals surface area contributed by atoms with Crippen molar-refractivity contribution < 1.29 is 0 Å².